The molecule has 1 unspecified atom stereocenters. The van der Waals surface area contributed by atoms with Crippen molar-refractivity contribution in [2.24, 2.45) is 0 Å². The summed E-state index contributed by atoms with van der Waals surface area (Å²) in [6, 6.07) is 12.6. The Morgan fingerprint density at radius 1 is 1.11 bits per heavy atom. The second-order valence-corrected chi connectivity index (χ2v) is 8.43. The second kappa shape index (κ2) is 8.76. The molecule has 1 fully saturated rings. The number of rotatable bonds is 6. The fourth-order valence-electron chi connectivity index (χ4n) is 4.19. The maximum Gasteiger partial charge on any atom is 0.251 e. The van der Waals surface area contributed by atoms with Crippen LogP contribution >= 0.6 is 0 Å². The van der Waals surface area contributed by atoms with E-state index >= 15 is 0 Å². The summed E-state index contributed by atoms with van der Waals surface area (Å²) in [6.45, 7) is 1.35. The van der Waals surface area contributed by atoms with Gasteiger partial charge in [-0.05, 0) is 36.4 Å². The van der Waals surface area contributed by atoms with E-state index in [-0.39, 0.29) is 11.9 Å². The Balaban J connectivity index is 1.20. The van der Waals surface area contributed by atoms with Crippen LogP contribution in [-0.4, -0.2) is 55.9 Å². The fraction of sp³-hybridized carbons (Fsp3) is 0.250. The molecule has 176 valence electrons. The lowest BCUT2D eigenvalue weighted by molar-refractivity contribution is -0.0487. The van der Waals surface area contributed by atoms with Crippen LogP contribution in [-0.2, 0) is 10.3 Å². The van der Waals surface area contributed by atoms with Gasteiger partial charge < -0.3 is 20.1 Å². The molecule has 35 heavy (non-hydrogen) atoms. The van der Waals surface area contributed by atoms with Crippen LogP contribution in [0.2, 0.25) is 0 Å². The summed E-state index contributed by atoms with van der Waals surface area (Å²) in [5, 5.41) is 13.9. The molecule has 0 saturated carbocycles. The van der Waals surface area contributed by atoms with Crippen molar-refractivity contribution in [2.45, 2.75) is 18.0 Å². The van der Waals surface area contributed by atoms with Gasteiger partial charge in [-0.15, -0.1) is 0 Å². The first-order chi connectivity index (χ1) is 17.2. The first-order valence-electron chi connectivity index (χ1n) is 11.2. The van der Waals surface area contributed by atoms with Crippen LogP contribution in [0, 0.1) is 0 Å². The van der Waals surface area contributed by atoms with E-state index in [0.717, 1.165) is 11.4 Å². The zero-order valence-electron chi connectivity index (χ0n) is 18.6. The topological polar surface area (TPSA) is 140 Å². The Labute approximate surface area is 200 Å². The molecule has 2 aliphatic heterocycles. The molecule has 11 heteroatoms. The Bertz CT molecular complexity index is 1360. The quantitative estimate of drug-likeness (QED) is 0.387. The summed E-state index contributed by atoms with van der Waals surface area (Å²) in [6.07, 6.45) is 5.47. The van der Waals surface area contributed by atoms with Gasteiger partial charge in [0.15, 0.2) is 11.6 Å². The summed E-state index contributed by atoms with van der Waals surface area (Å²) in [4.78, 5) is 30.2. The number of hydrogen-bond acceptors (Lipinski definition) is 9. The SMILES string of the molecule is O=C(NC1CCOc2cccnc21)c1cccc(NC2(c3nc(-c4ccncn4)n[nH]3)COC2)c1. The third-order valence-corrected chi connectivity index (χ3v) is 6.05. The van der Waals surface area contributed by atoms with Gasteiger partial charge in [-0.25, -0.2) is 15.0 Å². The van der Waals surface area contributed by atoms with E-state index in [9.17, 15) is 4.79 Å². The van der Waals surface area contributed by atoms with Gasteiger partial charge in [0.05, 0.1) is 25.9 Å². The molecule has 2 aliphatic rings. The molecule has 11 nitrogen and oxygen atoms in total. The molecule has 0 radical (unpaired) electrons. The normalized spacial score (nSPS) is 18.0. The lowest BCUT2D eigenvalue weighted by Gasteiger charge is -2.40. The van der Waals surface area contributed by atoms with Crippen LogP contribution in [0.4, 0.5) is 5.69 Å². The van der Waals surface area contributed by atoms with Crippen LogP contribution in [0.15, 0.2) is 61.2 Å². The lowest BCUT2D eigenvalue weighted by atomic mass is 9.95. The van der Waals surface area contributed by atoms with Gasteiger partial charge in [0.25, 0.3) is 5.91 Å². The molecule has 0 bridgehead atoms. The van der Waals surface area contributed by atoms with E-state index in [0.29, 0.717) is 54.9 Å². The van der Waals surface area contributed by atoms with E-state index in [4.69, 9.17) is 9.47 Å². The zero-order valence-corrected chi connectivity index (χ0v) is 18.6. The Morgan fingerprint density at radius 2 is 2.06 bits per heavy atom. The molecule has 4 aromatic rings. The molecule has 3 N–H and O–H groups in total. The van der Waals surface area contributed by atoms with Gasteiger partial charge in [0.2, 0.25) is 0 Å². The third kappa shape index (κ3) is 4.06. The number of pyridine rings is 1. The van der Waals surface area contributed by atoms with Gasteiger partial charge in [-0.1, -0.05) is 6.07 Å². The van der Waals surface area contributed by atoms with Crippen molar-refractivity contribution < 1.29 is 14.3 Å². The molecule has 6 rings (SSSR count). The molecule has 1 saturated heterocycles. The summed E-state index contributed by atoms with van der Waals surface area (Å²) < 4.78 is 11.2. The van der Waals surface area contributed by atoms with Crippen LogP contribution in [0.1, 0.15) is 34.3 Å². The molecule has 5 heterocycles. The standard InChI is InChI=1S/C24H22N8O3/c33-22(28-17-7-10-35-19-5-2-8-26-20(17)19)15-3-1-4-16(11-15)30-24(12-34-13-24)23-29-21(31-32-23)18-6-9-25-14-27-18/h1-6,8-9,11,14,17,30H,7,10,12-13H2,(H,28,33)(H,29,31,32). The van der Waals surface area contributed by atoms with Crippen molar-refractivity contribution in [3.8, 4) is 17.3 Å². The average molecular weight is 470 g/mol. The number of carbonyl (C=O) groups excluding carboxylic acids is 1. The zero-order chi connectivity index (χ0) is 23.7. The highest BCUT2D eigenvalue weighted by molar-refractivity contribution is 5.95. The Hall–Kier alpha value is -4.38. The minimum atomic E-state index is -0.586. The van der Waals surface area contributed by atoms with Crippen LogP contribution in [0.5, 0.6) is 5.75 Å². The van der Waals surface area contributed by atoms with Gasteiger partial charge in [-0.2, -0.15) is 5.10 Å². The van der Waals surface area contributed by atoms with Crippen molar-refractivity contribution in [1.29, 1.82) is 0 Å². The monoisotopic (exact) mass is 470 g/mol. The highest BCUT2D eigenvalue weighted by atomic mass is 16.5. The van der Waals surface area contributed by atoms with Gasteiger partial charge in [-0.3, -0.25) is 14.9 Å². The first kappa shape index (κ1) is 21.2. The van der Waals surface area contributed by atoms with Crippen molar-refractivity contribution in [3.63, 3.8) is 0 Å². The van der Waals surface area contributed by atoms with Crippen LogP contribution in [0.3, 0.4) is 0 Å². The summed E-state index contributed by atoms with van der Waals surface area (Å²) in [5.41, 5.74) is 2.09. The molecule has 1 atom stereocenters. The van der Waals surface area contributed by atoms with E-state index in [2.05, 4.69) is 40.8 Å². The van der Waals surface area contributed by atoms with Crippen molar-refractivity contribution in [2.75, 3.05) is 25.1 Å². The van der Waals surface area contributed by atoms with Crippen LogP contribution in [0.25, 0.3) is 11.5 Å². The summed E-state index contributed by atoms with van der Waals surface area (Å²) in [5.74, 6) is 1.65. The molecule has 0 aliphatic carbocycles. The molecule has 0 spiro atoms. The minimum Gasteiger partial charge on any atom is -0.491 e. The van der Waals surface area contributed by atoms with Crippen molar-refractivity contribution in [3.05, 3.63) is 78.3 Å². The maximum atomic E-state index is 13.1. The molecule has 1 aromatic carbocycles. The number of fused-ring (bicyclic) bond motifs is 1. The maximum absolute atomic E-state index is 13.1. The molecule has 1 amide bonds. The van der Waals surface area contributed by atoms with E-state index < -0.39 is 5.54 Å². The number of amides is 1. The number of nitrogens with one attached hydrogen (secondary N) is 3. The molecule has 3 aromatic heterocycles. The smallest absolute Gasteiger partial charge is 0.251 e. The largest absolute Gasteiger partial charge is 0.491 e. The minimum absolute atomic E-state index is 0.179. The number of H-pyrrole nitrogens is 1. The number of anilines is 1. The molecular formula is C24H22N8O3. The number of benzene rings is 1. The van der Waals surface area contributed by atoms with Gasteiger partial charge >= 0.3 is 0 Å². The number of carbonyl (C=O) groups is 1. The number of aromatic amines is 1. The van der Waals surface area contributed by atoms with Gasteiger partial charge in [0.1, 0.15) is 29.0 Å². The van der Waals surface area contributed by atoms with Gasteiger partial charge in [0, 0.05) is 30.1 Å². The Morgan fingerprint density at radius 3 is 2.89 bits per heavy atom. The lowest BCUT2D eigenvalue weighted by Crippen LogP contribution is -2.53. The number of hydrogen-bond donors (Lipinski definition) is 3. The summed E-state index contributed by atoms with van der Waals surface area (Å²) in [7, 11) is 0. The average Bonchev–Trinajstić information content (AvgIpc) is 3.38. The highest BCUT2D eigenvalue weighted by Crippen LogP contribution is 2.33. The van der Waals surface area contributed by atoms with Crippen molar-refractivity contribution >= 4 is 11.6 Å². The van der Waals surface area contributed by atoms with E-state index in [1.807, 2.05) is 30.3 Å². The van der Waals surface area contributed by atoms with Crippen molar-refractivity contribution in [1.82, 2.24) is 35.5 Å². The fourth-order valence-corrected chi connectivity index (χ4v) is 4.19. The van der Waals surface area contributed by atoms with E-state index in [1.165, 1.54) is 6.33 Å². The number of nitrogens with zero attached hydrogens (tertiary/aromatic N) is 5. The predicted octanol–water partition coefficient (Wildman–Crippen LogP) is 2.25. The first-order valence-corrected chi connectivity index (χ1v) is 11.2. The highest BCUT2D eigenvalue weighted by Gasteiger charge is 2.44. The van der Waals surface area contributed by atoms with E-state index in [1.54, 1.807) is 24.5 Å². The Kier molecular flexibility index (Phi) is 5.30. The molecular weight excluding hydrogens is 448 g/mol. The van der Waals surface area contributed by atoms with Crippen LogP contribution < -0.4 is 15.4 Å². The number of aromatic nitrogens is 6. The number of ether oxygens (including phenoxy) is 2. The summed E-state index contributed by atoms with van der Waals surface area (Å²) >= 11 is 0. The second-order valence-electron chi connectivity index (χ2n) is 8.43. The third-order valence-electron chi connectivity index (χ3n) is 6.05. The predicted molar refractivity (Wildman–Crippen MR) is 125 cm³/mol.